The SMILES string of the molecule is CC.CC(=O)c1ccc(C(=O)NCCCN)cc1CN. The summed E-state index contributed by atoms with van der Waals surface area (Å²) in [5.74, 6) is -0.223. The number of nitrogens with one attached hydrogen (secondary N) is 1. The molecule has 112 valence electrons. The number of Topliss-reactive ketones (excluding diaryl/α,β-unsaturated/α-hetero) is 1. The van der Waals surface area contributed by atoms with Crippen LogP contribution in [-0.4, -0.2) is 24.8 Å². The highest BCUT2D eigenvalue weighted by Gasteiger charge is 2.10. The van der Waals surface area contributed by atoms with E-state index >= 15 is 0 Å². The van der Waals surface area contributed by atoms with Gasteiger partial charge in [0.25, 0.3) is 5.91 Å². The van der Waals surface area contributed by atoms with Crippen molar-refractivity contribution in [3.63, 3.8) is 0 Å². The molecule has 0 saturated heterocycles. The summed E-state index contributed by atoms with van der Waals surface area (Å²) in [5.41, 5.74) is 12.7. The van der Waals surface area contributed by atoms with Crippen LogP contribution >= 0.6 is 0 Å². The first-order valence-electron chi connectivity index (χ1n) is 6.92. The fourth-order valence-corrected chi connectivity index (χ4v) is 1.65. The van der Waals surface area contributed by atoms with Crippen molar-refractivity contribution >= 4 is 11.7 Å². The molecule has 0 bridgehead atoms. The normalized spacial score (nSPS) is 9.45. The van der Waals surface area contributed by atoms with Gasteiger partial charge in [0, 0.05) is 24.2 Å². The highest BCUT2D eigenvalue weighted by atomic mass is 16.1. The van der Waals surface area contributed by atoms with Crippen molar-refractivity contribution in [2.45, 2.75) is 33.7 Å². The van der Waals surface area contributed by atoms with Crippen molar-refractivity contribution < 1.29 is 9.59 Å². The standard InChI is InChI=1S/C13H19N3O2.C2H6/c1-9(17)12-4-3-10(7-11(12)8-15)13(18)16-6-2-5-14;1-2/h3-4,7H,2,5-6,8,14-15H2,1H3,(H,16,18);1-2H3. The molecule has 0 saturated carbocycles. The predicted octanol–water partition coefficient (Wildman–Crippen LogP) is 1.45. The topological polar surface area (TPSA) is 98.2 Å². The third kappa shape index (κ3) is 5.50. The number of carbonyl (C=O) groups excluding carboxylic acids is 2. The maximum absolute atomic E-state index is 11.8. The van der Waals surface area contributed by atoms with E-state index in [0.717, 1.165) is 6.42 Å². The lowest BCUT2D eigenvalue weighted by Crippen LogP contribution is -2.26. The average Bonchev–Trinajstić information content (AvgIpc) is 2.48. The Morgan fingerprint density at radius 2 is 1.85 bits per heavy atom. The fraction of sp³-hybridized carbons (Fsp3) is 0.467. The van der Waals surface area contributed by atoms with E-state index in [0.29, 0.717) is 29.8 Å². The number of benzene rings is 1. The van der Waals surface area contributed by atoms with Crippen LogP contribution < -0.4 is 16.8 Å². The van der Waals surface area contributed by atoms with Crippen molar-refractivity contribution in [3.05, 3.63) is 34.9 Å². The number of ketones is 1. The number of hydrogen-bond donors (Lipinski definition) is 3. The van der Waals surface area contributed by atoms with Crippen molar-refractivity contribution in [1.29, 1.82) is 0 Å². The zero-order valence-electron chi connectivity index (χ0n) is 12.5. The largest absolute Gasteiger partial charge is 0.352 e. The van der Waals surface area contributed by atoms with Gasteiger partial charge in [-0.3, -0.25) is 9.59 Å². The molecule has 1 rings (SSSR count). The van der Waals surface area contributed by atoms with Crippen molar-refractivity contribution in [2.75, 3.05) is 13.1 Å². The summed E-state index contributed by atoms with van der Waals surface area (Å²) in [6.45, 7) is 6.80. The van der Waals surface area contributed by atoms with Crippen LogP contribution in [0.4, 0.5) is 0 Å². The summed E-state index contributed by atoms with van der Waals surface area (Å²) >= 11 is 0. The van der Waals surface area contributed by atoms with Gasteiger partial charge in [-0.05, 0) is 37.6 Å². The van der Waals surface area contributed by atoms with Gasteiger partial charge >= 0.3 is 0 Å². The first-order chi connectivity index (χ1) is 9.60. The molecule has 5 nitrogen and oxygen atoms in total. The predicted molar refractivity (Wildman–Crippen MR) is 81.7 cm³/mol. The van der Waals surface area contributed by atoms with Crippen molar-refractivity contribution in [2.24, 2.45) is 11.5 Å². The number of hydrogen-bond acceptors (Lipinski definition) is 4. The number of carbonyl (C=O) groups is 2. The summed E-state index contributed by atoms with van der Waals surface area (Å²) in [4.78, 5) is 23.1. The van der Waals surface area contributed by atoms with E-state index in [2.05, 4.69) is 5.32 Å². The molecule has 0 fully saturated rings. The Hall–Kier alpha value is -1.72. The van der Waals surface area contributed by atoms with Gasteiger partial charge in [0.2, 0.25) is 0 Å². The Labute approximate surface area is 120 Å². The zero-order chi connectivity index (χ0) is 15.5. The van der Waals surface area contributed by atoms with Crippen LogP contribution in [0.1, 0.15) is 53.5 Å². The highest BCUT2D eigenvalue weighted by molar-refractivity contribution is 5.99. The van der Waals surface area contributed by atoms with Gasteiger partial charge < -0.3 is 16.8 Å². The molecule has 0 aromatic heterocycles. The van der Waals surface area contributed by atoms with Crippen LogP contribution in [0.15, 0.2) is 18.2 Å². The van der Waals surface area contributed by atoms with Crippen molar-refractivity contribution in [3.8, 4) is 0 Å². The number of rotatable bonds is 6. The molecule has 1 amide bonds. The van der Waals surface area contributed by atoms with Gasteiger partial charge in [-0.2, -0.15) is 0 Å². The molecule has 0 spiro atoms. The molecule has 0 aliphatic rings. The minimum absolute atomic E-state index is 0.0504. The average molecular weight is 279 g/mol. The molecule has 0 aliphatic heterocycles. The Morgan fingerprint density at radius 1 is 1.20 bits per heavy atom. The molecule has 5 N–H and O–H groups in total. The summed E-state index contributed by atoms with van der Waals surface area (Å²) in [6.07, 6.45) is 0.737. The van der Waals surface area contributed by atoms with Gasteiger partial charge in [-0.25, -0.2) is 0 Å². The minimum atomic E-state index is -0.173. The van der Waals surface area contributed by atoms with Crippen LogP contribution in [-0.2, 0) is 6.54 Å². The van der Waals surface area contributed by atoms with Crippen LogP contribution in [0.2, 0.25) is 0 Å². The molecule has 20 heavy (non-hydrogen) atoms. The van der Waals surface area contributed by atoms with E-state index < -0.39 is 0 Å². The summed E-state index contributed by atoms with van der Waals surface area (Å²) < 4.78 is 0. The van der Waals surface area contributed by atoms with E-state index in [-0.39, 0.29) is 18.2 Å². The van der Waals surface area contributed by atoms with Crippen LogP contribution in [0, 0.1) is 0 Å². The lowest BCUT2D eigenvalue weighted by Gasteiger charge is -2.08. The second-order valence-corrected chi connectivity index (χ2v) is 4.03. The lowest BCUT2D eigenvalue weighted by molar-refractivity contribution is 0.0951. The molecule has 0 heterocycles. The molecular weight excluding hydrogens is 254 g/mol. The number of amides is 1. The quantitative estimate of drug-likeness (QED) is 0.542. The smallest absolute Gasteiger partial charge is 0.251 e. The molecule has 0 radical (unpaired) electrons. The van der Waals surface area contributed by atoms with Gasteiger partial charge in [-0.15, -0.1) is 0 Å². The Morgan fingerprint density at radius 3 is 2.35 bits per heavy atom. The van der Waals surface area contributed by atoms with Crippen LogP contribution in [0.3, 0.4) is 0 Å². The number of nitrogens with two attached hydrogens (primary N) is 2. The summed E-state index contributed by atoms with van der Waals surface area (Å²) in [7, 11) is 0. The molecular formula is C15H25N3O2. The van der Waals surface area contributed by atoms with E-state index in [1.54, 1.807) is 18.2 Å². The fourth-order valence-electron chi connectivity index (χ4n) is 1.65. The minimum Gasteiger partial charge on any atom is -0.352 e. The zero-order valence-corrected chi connectivity index (χ0v) is 12.5. The molecule has 1 aromatic carbocycles. The maximum Gasteiger partial charge on any atom is 0.251 e. The lowest BCUT2D eigenvalue weighted by atomic mass is 10.0. The van der Waals surface area contributed by atoms with Gasteiger partial charge in [0.1, 0.15) is 0 Å². The highest BCUT2D eigenvalue weighted by Crippen LogP contribution is 2.12. The third-order valence-corrected chi connectivity index (χ3v) is 2.63. The molecule has 0 aliphatic carbocycles. The second-order valence-electron chi connectivity index (χ2n) is 4.03. The second kappa shape index (κ2) is 10.1. The molecule has 1 aromatic rings. The molecule has 0 unspecified atom stereocenters. The van der Waals surface area contributed by atoms with E-state index in [9.17, 15) is 9.59 Å². The monoisotopic (exact) mass is 279 g/mol. The van der Waals surface area contributed by atoms with E-state index in [1.807, 2.05) is 13.8 Å². The van der Waals surface area contributed by atoms with Crippen LogP contribution in [0.5, 0.6) is 0 Å². The first kappa shape index (κ1) is 18.3. The van der Waals surface area contributed by atoms with Gasteiger partial charge in [0.05, 0.1) is 0 Å². The summed E-state index contributed by atoms with van der Waals surface area (Å²) in [6, 6.07) is 4.94. The van der Waals surface area contributed by atoms with E-state index in [1.165, 1.54) is 6.92 Å². The summed E-state index contributed by atoms with van der Waals surface area (Å²) in [5, 5.41) is 2.76. The molecule has 0 atom stereocenters. The molecule has 5 heteroatoms. The Kier molecular flexibility index (Phi) is 9.24. The van der Waals surface area contributed by atoms with E-state index in [4.69, 9.17) is 11.5 Å². The Bertz CT molecular complexity index is 445. The van der Waals surface area contributed by atoms with Gasteiger partial charge in [0.15, 0.2) is 5.78 Å². The van der Waals surface area contributed by atoms with Crippen molar-refractivity contribution in [1.82, 2.24) is 5.32 Å². The first-order valence-corrected chi connectivity index (χ1v) is 6.92. The maximum atomic E-state index is 11.8. The third-order valence-electron chi connectivity index (χ3n) is 2.63. The Balaban J connectivity index is 0.00000172. The van der Waals surface area contributed by atoms with Gasteiger partial charge in [-0.1, -0.05) is 19.9 Å². The van der Waals surface area contributed by atoms with Crippen LogP contribution in [0.25, 0.3) is 0 Å².